The molecule has 1 aromatic rings. The van der Waals surface area contributed by atoms with Gasteiger partial charge in [0, 0.05) is 11.7 Å². The molecule has 6 heteroatoms. The zero-order valence-corrected chi connectivity index (χ0v) is 12.1. The van der Waals surface area contributed by atoms with Crippen LogP contribution < -0.4 is 10.6 Å². The van der Waals surface area contributed by atoms with E-state index in [2.05, 4.69) is 15.6 Å². The van der Waals surface area contributed by atoms with E-state index in [1.165, 1.54) is 0 Å². The van der Waals surface area contributed by atoms with Crippen LogP contribution in [-0.4, -0.2) is 28.1 Å². The molecular formula is C15H21N3O3. The van der Waals surface area contributed by atoms with Crippen LogP contribution in [-0.2, 0) is 11.3 Å². The maximum Gasteiger partial charge on any atom is 0.315 e. The molecule has 1 aliphatic rings. The van der Waals surface area contributed by atoms with E-state index in [1.54, 1.807) is 0 Å². The van der Waals surface area contributed by atoms with Crippen LogP contribution in [0.4, 0.5) is 4.79 Å². The number of urea groups is 1. The molecule has 1 saturated carbocycles. The minimum Gasteiger partial charge on any atom is -0.481 e. The molecule has 0 radical (unpaired) electrons. The second kappa shape index (κ2) is 7.06. The van der Waals surface area contributed by atoms with Gasteiger partial charge in [-0.15, -0.1) is 0 Å². The monoisotopic (exact) mass is 291 g/mol. The molecule has 0 spiro atoms. The summed E-state index contributed by atoms with van der Waals surface area (Å²) in [6.07, 6.45) is 2.68. The maximum absolute atomic E-state index is 11.8. The first-order valence-corrected chi connectivity index (χ1v) is 7.24. The van der Waals surface area contributed by atoms with Crippen LogP contribution in [0.3, 0.4) is 0 Å². The molecule has 0 saturated heterocycles. The molecule has 1 fully saturated rings. The van der Waals surface area contributed by atoms with Crippen LogP contribution in [0.5, 0.6) is 0 Å². The van der Waals surface area contributed by atoms with Gasteiger partial charge in [-0.05, 0) is 44.7 Å². The average Bonchev–Trinajstić information content (AvgIpc) is 2.46. The van der Waals surface area contributed by atoms with E-state index in [1.807, 2.05) is 25.1 Å². The number of aromatic nitrogens is 1. The average molecular weight is 291 g/mol. The van der Waals surface area contributed by atoms with Crippen molar-refractivity contribution < 1.29 is 14.7 Å². The van der Waals surface area contributed by atoms with Gasteiger partial charge in [-0.3, -0.25) is 9.78 Å². The highest BCUT2D eigenvalue weighted by Gasteiger charge is 2.26. The van der Waals surface area contributed by atoms with Crippen LogP contribution >= 0.6 is 0 Å². The number of hydrogen-bond acceptors (Lipinski definition) is 3. The van der Waals surface area contributed by atoms with E-state index in [0.29, 0.717) is 32.2 Å². The number of carbonyl (C=O) groups is 2. The lowest BCUT2D eigenvalue weighted by Crippen LogP contribution is -2.44. The molecule has 0 unspecified atom stereocenters. The molecule has 114 valence electrons. The smallest absolute Gasteiger partial charge is 0.315 e. The number of aryl methyl sites for hydroxylation is 1. The molecule has 0 atom stereocenters. The van der Waals surface area contributed by atoms with Crippen LogP contribution in [0.15, 0.2) is 18.2 Å². The quantitative estimate of drug-likeness (QED) is 0.789. The Morgan fingerprint density at radius 3 is 2.62 bits per heavy atom. The van der Waals surface area contributed by atoms with E-state index >= 15 is 0 Å². The summed E-state index contributed by atoms with van der Waals surface area (Å²) >= 11 is 0. The maximum atomic E-state index is 11.8. The molecule has 2 amide bonds. The Hall–Kier alpha value is -2.11. The molecule has 3 N–H and O–H groups in total. The second-order valence-electron chi connectivity index (χ2n) is 5.48. The van der Waals surface area contributed by atoms with Crippen LogP contribution in [0.25, 0.3) is 0 Å². The number of carbonyl (C=O) groups excluding carboxylic acids is 1. The van der Waals surface area contributed by atoms with Gasteiger partial charge in [0.05, 0.1) is 18.2 Å². The highest BCUT2D eigenvalue weighted by Crippen LogP contribution is 2.24. The molecule has 0 aromatic carbocycles. The standard InChI is InChI=1S/C15H21N3O3/c1-10-3-2-4-13(17-10)9-16-15(21)18-12-7-5-11(6-8-12)14(19)20/h2-4,11-12H,5-9H2,1H3,(H,19,20)(H2,16,18,21). The SMILES string of the molecule is Cc1cccc(CNC(=O)NC2CCC(C(=O)O)CC2)n1. The zero-order chi connectivity index (χ0) is 15.2. The second-order valence-corrected chi connectivity index (χ2v) is 5.48. The number of carboxylic acids is 1. The first-order chi connectivity index (χ1) is 10.0. The number of carboxylic acid groups (broad SMARTS) is 1. The predicted molar refractivity (Wildman–Crippen MR) is 77.7 cm³/mol. The van der Waals surface area contributed by atoms with E-state index in [0.717, 1.165) is 11.4 Å². The Kier molecular flexibility index (Phi) is 5.14. The lowest BCUT2D eigenvalue weighted by molar-refractivity contribution is -0.142. The van der Waals surface area contributed by atoms with Gasteiger partial charge in [0.2, 0.25) is 0 Å². The third kappa shape index (κ3) is 4.73. The summed E-state index contributed by atoms with van der Waals surface area (Å²) in [4.78, 5) is 27.0. The Labute approximate surface area is 124 Å². The molecule has 1 heterocycles. The zero-order valence-electron chi connectivity index (χ0n) is 12.1. The summed E-state index contributed by atoms with van der Waals surface area (Å²) in [7, 11) is 0. The lowest BCUT2D eigenvalue weighted by Gasteiger charge is -2.26. The largest absolute Gasteiger partial charge is 0.481 e. The van der Waals surface area contributed by atoms with Crippen molar-refractivity contribution >= 4 is 12.0 Å². The van der Waals surface area contributed by atoms with Gasteiger partial charge in [-0.25, -0.2) is 4.79 Å². The molecule has 6 nitrogen and oxygen atoms in total. The molecule has 21 heavy (non-hydrogen) atoms. The fourth-order valence-electron chi connectivity index (χ4n) is 2.59. The third-order valence-corrected chi connectivity index (χ3v) is 3.79. The van der Waals surface area contributed by atoms with Crippen molar-refractivity contribution in [3.63, 3.8) is 0 Å². The highest BCUT2D eigenvalue weighted by atomic mass is 16.4. The Balaban J connectivity index is 1.72. The first-order valence-electron chi connectivity index (χ1n) is 7.24. The number of rotatable bonds is 4. The van der Waals surface area contributed by atoms with E-state index in [-0.39, 0.29) is 18.0 Å². The van der Waals surface area contributed by atoms with E-state index in [9.17, 15) is 9.59 Å². The van der Waals surface area contributed by atoms with E-state index < -0.39 is 5.97 Å². The summed E-state index contributed by atoms with van der Waals surface area (Å²) in [5, 5.41) is 14.6. The molecule has 1 aliphatic carbocycles. The number of aliphatic carboxylic acids is 1. The molecule has 0 aliphatic heterocycles. The normalized spacial score (nSPS) is 21.6. The summed E-state index contributed by atoms with van der Waals surface area (Å²) in [5.74, 6) is -0.994. The Morgan fingerprint density at radius 2 is 2.00 bits per heavy atom. The summed E-state index contributed by atoms with van der Waals surface area (Å²) < 4.78 is 0. The van der Waals surface area contributed by atoms with Crippen molar-refractivity contribution in [1.29, 1.82) is 0 Å². The minimum atomic E-state index is -0.733. The highest BCUT2D eigenvalue weighted by molar-refractivity contribution is 5.74. The van der Waals surface area contributed by atoms with Gasteiger partial charge < -0.3 is 15.7 Å². The summed E-state index contributed by atoms with van der Waals surface area (Å²) in [6, 6.07) is 5.52. The lowest BCUT2D eigenvalue weighted by atomic mass is 9.86. The number of pyridine rings is 1. The van der Waals surface area contributed by atoms with Crippen molar-refractivity contribution in [2.75, 3.05) is 0 Å². The number of amides is 2. The van der Waals surface area contributed by atoms with Gasteiger partial charge >= 0.3 is 12.0 Å². The first kappa shape index (κ1) is 15.3. The summed E-state index contributed by atoms with van der Waals surface area (Å²) in [5.41, 5.74) is 1.74. The molecule has 0 bridgehead atoms. The van der Waals surface area contributed by atoms with Crippen LogP contribution in [0, 0.1) is 12.8 Å². The van der Waals surface area contributed by atoms with Gasteiger partial charge in [-0.1, -0.05) is 6.07 Å². The fraction of sp³-hybridized carbons (Fsp3) is 0.533. The van der Waals surface area contributed by atoms with Gasteiger partial charge in [0.25, 0.3) is 0 Å². The van der Waals surface area contributed by atoms with Crippen molar-refractivity contribution in [3.05, 3.63) is 29.6 Å². The number of nitrogens with zero attached hydrogens (tertiary/aromatic N) is 1. The van der Waals surface area contributed by atoms with Crippen molar-refractivity contribution in [2.45, 2.75) is 45.2 Å². The molecular weight excluding hydrogens is 270 g/mol. The van der Waals surface area contributed by atoms with Crippen molar-refractivity contribution in [2.24, 2.45) is 5.92 Å². The predicted octanol–water partition coefficient (Wildman–Crippen LogP) is 1.83. The van der Waals surface area contributed by atoms with Gasteiger partial charge in [-0.2, -0.15) is 0 Å². The minimum absolute atomic E-state index is 0.0612. The fourth-order valence-corrected chi connectivity index (χ4v) is 2.59. The van der Waals surface area contributed by atoms with Gasteiger partial charge in [0.15, 0.2) is 0 Å². The topological polar surface area (TPSA) is 91.3 Å². The number of nitrogens with one attached hydrogen (secondary N) is 2. The third-order valence-electron chi connectivity index (χ3n) is 3.79. The Bertz CT molecular complexity index is 511. The number of hydrogen-bond donors (Lipinski definition) is 3. The molecule has 2 rings (SSSR count). The van der Waals surface area contributed by atoms with Crippen molar-refractivity contribution in [1.82, 2.24) is 15.6 Å². The van der Waals surface area contributed by atoms with E-state index in [4.69, 9.17) is 5.11 Å². The van der Waals surface area contributed by atoms with Crippen molar-refractivity contribution in [3.8, 4) is 0 Å². The Morgan fingerprint density at radius 1 is 1.29 bits per heavy atom. The summed E-state index contributed by atoms with van der Waals surface area (Å²) in [6.45, 7) is 2.29. The van der Waals surface area contributed by atoms with Crippen LogP contribution in [0.2, 0.25) is 0 Å². The van der Waals surface area contributed by atoms with Gasteiger partial charge in [0.1, 0.15) is 0 Å². The molecule has 1 aromatic heterocycles. The van der Waals surface area contributed by atoms with Crippen LogP contribution in [0.1, 0.15) is 37.1 Å².